The van der Waals surface area contributed by atoms with Crippen LogP contribution in [0.4, 0.5) is 4.79 Å². The largest absolute Gasteiger partial charge is 0.481 e. The first-order valence-corrected chi connectivity index (χ1v) is 7.46. The van der Waals surface area contributed by atoms with E-state index in [1.54, 1.807) is 18.1 Å². The van der Waals surface area contributed by atoms with Gasteiger partial charge in [-0.3, -0.25) is 4.79 Å². The van der Waals surface area contributed by atoms with Crippen molar-refractivity contribution >= 4 is 12.0 Å². The Labute approximate surface area is 125 Å². The van der Waals surface area contributed by atoms with Gasteiger partial charge in [0.25, 0.3) is 0 Å². The summed E-state index contributed by atoms with van der Waals surface area (Å²) in [5.41, 5.74) is 0. The number of urea groups is 1. The number of ether oxygens (including phenoxy) is 1. The molecule has 2 fully saturated rings. The molecule has 2 aliphatic carbocycles. The molecule has 2 rings (SSSR count). The predicted molar refractivity (Wildman–Crippen MR) is 77.9 cm³/mol. The van der Waals surface area contributed by atoms with Crippen molar-refractivity contribution in [2.45, 2.75) is 25.3 Å². The first-order chi connectivity index (χ1) is 10.1. The van der Waals surface area contributed by atoms with Gasteiger partial charge in [-0.05, 0) is 31.1 Å². The Bertz CT molecular complexity index is 412. The van der Waals surface area contributed by atoms with Crippen LogP contribution in [0.5, 0.6) is 0 Å². The van der Waals surface area contributed by atoms with Gasteiger partial charge in [0, 0.05) is 26.2 Å². The van der Waals surface area contributed by atoms with Gasteiger partial charge < -0.3 is 20.1 Å². The Hall–Kier alpha value is -1.56. The lowest BCUT2D eigenvalue weighted by Crippen LogP contribution is -2.52. The van der Waals surface area contributed by atoms with Crippen molar-refractivity contribution < 1.29 is 19.4 Å². The minimum Gasteiger partial charge on any atom is -0.481 e. The Morgan fingerprint density at radius 2 is 2.14 bits per heavy atom. The summed E-state index contributed by atoms with van der Waals surface area (Å²) in [7, 11) is 1.58. The monoisotopic (exact) mass is 296 g/mol. The van der Waals surface area contributed by atoms with E-state index in [1.807, 2.05) is 0 Å². The second-order valence-electron chi connectivity index (χ2n) is 5.90. The van der Waals surface area contributed by atoms with E-state index in [-0.39, 0.29) is 18.0 Å². The molecule has 4 unspecified atom stereocenters. The van der Waals surface area contributed by atoms with Crippen molar-refractivity contribution in [1.82, 2.24) is 10.2 Å². The van der Waals surface area contributed by atoms with Crippen LogP contribution < -0.4 is 5.32 Å². The maximum atomic E-state index is 12.4. The highest BCUT2D eigenvalue weighted by molar-refractivity contribution is 5.77. The molecule has 21 heavy (non-hydrogen) atoms. The summed E-state index contributed by atoms with van der Waals surface area (Å²) in [6, 6.07) is -0.473. The zero-order valence-electron chi connectivity index (χ0n) is 12.5. The maximum absolute atomic E-state index is 12.4. The third-order valence-electron chi connectivity index (χ3n) is 4.69. The molecule has 0 saturated heterocycles. The number of amides is 2. The summed E-state index contributed by atoms with van der Waals surface area (Å²) in [4.78, 5) is 25.4. The molecule has 2 aliphatic rings. The zero-order chi connectivity index (χ0) is 15.4. The molecule has 118 valence electrons. The highest BCUT2D eigenvalue weighted by atomic mass is 16.5. The number of carboxylic acid groups (broad SMARTS) is 1. The van der Waals surface area contributed by atoms with Crippen molar-refractivity contribution in [3.63, 3.8) is 0 Å². The number of hydrogen-bond acceptors (Lipinski definition) is 3. The van der Waals surface area contributed by atoms with Gasteiger partial charge in [-0.15, -0.1) is 6.58 Å². The minimum absolute atomic E-state index is 0.213. The number of hydrogen-bond donors (Lipinski definition) is 2. The second kappa shape index (κ2) is 6.93. The van der Waals surface area contributed by atoms with E-state index in [2.05, 4.69) is 11.9 Å². The van der Waals surface area contributed by atoms with Gasteiger partial charge in [-0.25, -0.2) is 4.79 Å². The number of aliphatic carboxylic acids is 1. The number of carbonyl (C=O) groups excluding carboxylic acids is 1. The van der Waals surface area contributed by atoms with Crippen LogP contribution in [-0.2, 0) is 9.53 Å². The lowest BCUT2D eigenvalue weighted by molar-refractivity contribution is -0.144. The van der Waals surface area contributed by atoms with E-state index < -0.39 is 11.9 Å². The number of nitrogens with one attached hydrogen (secondary N) is 1. The molecular formula is C15H24N2O4. The summed E-state index contributed by atoms with van der Waals surface area (Å²) in [6.07, 6.45) is 4.55. The topological polar surface area (TPSA) is 78.9 Å². The lowest BCUT2D eigenvalue weighted by Gasteiger charge is -2.31. The van der Waals surface area contributed by atoms with Crippen LogP contribution in [-0.4, -0.2) is 54.9 Å². The van der Waals surface area contributed by atoms with Gasteiger partial charge in [0.15, 0.2) is 0 Å². The molecule has 6 nitrogen and oxygen atoms in total. The number of fused-ring (bicyclic) bond motifs is 2. The normalized spacial score (nSPS) is 30.1. The van der Waals surface area contributed by atoms with Gasteiger partial charge >= 0.3 is 12.0 Å². The molecule has 0 spiro atoms. The maximum Gasteiger partial charge on any atom is 0.318 e. The van der Waals surface area contributed by atoms with Crippen molar-refractivity contribution in [3.05, 3.63) is 12.7 Å². The van der Waals surface area contributed by atoms with E-state index in [0.29, 0.717) is 25.6 Å². The lowest BCUT2D eigenvalue weighted by atomic mass is 9.84. The van der Waals surface area contributed by atoms with Gasteiger partial charge in [0.1, 0.15) is 0 Å². The van der Waals surface area contributed by atoms with E-state index in [4.69, 9.17) is 4.74 Å². The smallest absolute Gasteiger partial charge is 0.318 e. The standard InChI is InChI=1S/C15H24N2O4/c1-3-6-17(7-8-21-2)15(20)16-13-11-5-4-10(9-11)12(13)14(18)19/h3,10-13H,1,4-9H2,2H3,(H,16,20)(H,18,19). The van der Waals surface area contributed by atoms with E-state index >= 15 is 0 Å². The van der Waals surface area contributed by atoms with Gasteiger partial charge in [0.2, 0.25) is 0 Å². The Kier molecular flexibility index (Phi) is 5.22. The molecule has 2 bridgehead atoms. The average molecular weight is 296 g/mol. The molecule has 2 N–H and O–H groups in total. The van der Waals surface area contributed by atoms with Crippen LogP contribution in [0.3, 0.4) is 0 Å². The molecule has 0 radical (unpaired) electrons. The summed E-state index contributed by atoms with van der Waals surface area (Å²) >= 11 is 0. The first kappa shape index (κ1) is 15.8. The highest BCUT2D eigenvalue weighted by Gasteiger charge is 2.51. The molecule has 2 saturated carbocycles. The SMILES string of the molecule is C=CCN(CCOC)C(=O)NC1C2CCC(C2)C1C(=O)O. The fraction of sp³-hybridized carbons (Fsp3) is 0.733. The van der Waals surface area contributed by atoms with E-state index in [0.717, 1.165) is 19.3 Å². The Morgan fingerprint density at radius 1 is 1.43 bits per heavy atom. The molecule has 6 heteroatoms. The number of carboxylic acids is 1. The minimum atomic E-state index is -0.792. The zero-order valence-corrected chi connectivity index (χ0v) is 12.5. The van der Waals surface area contributed by atoms with E-state index in [9.17, 15) is 14.7 Å². The third-order valence-corrected chi connectivity index (χ3v) is 4.69. The van der Waals surface area contributed by atoms with Crippen LogP contribution in [0.1, 0.15) is 19.3 Å². The van der Waals surface area contributed by atoms with Crippen LogP contribution >= 0.6 is 0 Å². The van der Waals surface area contributed by atoms with Crippen LogP contribution in [0, 0.1) is 17.8 Å². The van der Waals surface area contributed by atoms with Gasteiger partial charge in [-0.2, -0.15) is 0 Å². The fourth-order valence-electron chi connectivity index (χ4n) is 3.72. The summed E-state index contributed by atoms with van der Waals surface area (Å²) in [6.45, 7) is 4.98. The van der Waals surface area contributed by atoms with E-state index in [1.165, 1.54) is 0 Å². The summed E-state index contributed by atoms with van der Waals surface area (Å²) in [5, 5.41) is 12.3. The molecule has 4 atom stereocenters. The Balaban J connectivity index is 1.99. The van der Waals surface area contributed by atoms with Crippen molar-refractivity contribution in [3.8, 4) is 0 Å². The summed E-state index contributed by atoms with van der Waals surface area (Å²) in [5.74, 6) is -0.724. The van der Waals surface area contributed by atoms with Gasteiger partial charge in [-0.1, -0.05) is 6.08 Å². The number of carbonyl (C=O) groups is 2. The van der Waals surface area contributed by atoms with Crippen molar-refractivity contribution in [2.24, 2.45) is 17.8 Å². The van der Waals surface area contributed by atoms with Crippen LogP contribution in [0.2, 0.25) is 0 Å². The first-order valence-electron chi connectivity index (χ1n) is 7.46. The molecule has 0 aliphatic heterocycles. The number of rotatable bonds is 7. The van der Waals surface area contributed by atoms with Crippen molar-refractivity contribution in [1.29, 1.82) is 0 Å². The third kappa shape index (κ3) is 3.37. The molecule has 2 amide bonds. The Morgan fingerprint density at radius 3 is 2.76 bits per heavy atom. The van der Waals surface area contributed by atoms with Crippen LogP contribution in [0.15, 0.2) is 12.7 Å². The van der Waals surface area contributed by atoms with Crippen LogP contribution in [0.25, 0.3) is 0 Å². The predicted octanol–water partition coefficient (Wildman–Crippen LogP) is 1.33. The molecule has 0 aromatic heterocycles. The molecule has 0 heterocycles. The summed E-state index contributed by atoms with van der Waals surface area (Å²) < 4.78 is 5.00. The average Bonchev–Trinajstić information content (AvgIpc) is 3.04. The second-order valence-corrected chi connectivity index (χ2v) is 5.90. The van der Waals surface area contributed by atoms with Gasteiger partial charge in [0.05, 0.1) is 12.5 Å². The number of methoxy groups -OCH3 is 1. The number of nitrogens with zero attached hydrogens (tertiary/aromatic N) is 1. The fourth-order valence-corrected chi connectivity index (χ4v) is 3.72. The molecule has 0 aromatic carbocycles. The molecular weight excluding hydrogens is 272 g/mol. The quantitative estimate of drug-likeness (QED) is 0.695. The van der Waals surface area contributed by atoms with Crippen molar-refractivity contribution in [2.75, 3.05) is 26.8 Å². The molecule has 0 aromatic rings. The highest BCUT2D eigenvalue weighted by Crippen LogP contribution is 2.48.